The molecule has 1 fully saturated rings. The van der Waals surface area contributed by atoms with E-state index >= 15 is 0 Å². The van der Waals surface area contributed by atoms with Crippen molar-refractivity contribution in [2.75, 3.05) is 13.2 Å². The van der Waals surface area contributed by atoms with E-state index in [0.717, 1.165) is 12.8 Å². The zero-order chi connectivity index (χ0) is 15.7. The quantitative estimate of drug-likeness (QED) is 0.822. The summed E-state index contributed by atoms with van der Waals surface area (Å²) in [7, 11) is -3.76. The third kappa shape index (κ3) is 4.12. The Morgan fingerprint density at radius 3 is 2.38 bits per heavy atom. The first-order valence-corrected chi connectivity index (χ1v) is 8.60. The van der Waals surface area contributed by atoms with Gasteiger partial charge < -0.3 is 5.11 Å². The monoisotopic (exact) mass is 347 g/mol. The maximum atomic E-state index is 12.3. The van der Waals surface area contributed by atoms with Crippen molar-refractivity contribution in [3.63, 3.8) is 0 Å². The second kappa shape index (κ2) is 6.15. The van der Waals surface area contributed by atoms with Crippen molar-refractivity contribution in [2.24, 2.45) is 5.41 Å². The van der Waals surface area contributed by atoms with Gasteiger partial charge in [0.05, 0.1) is 10.0 Å². The van der Waals surface area contributed by atoms with E-state index in [0.29, 0.717) is 12.1 Å². The van der Waals surface area contributed by atoms with Crippen LogP contribution in [0.15, 0.2) is 17.0 Å². The molecule has 21 heavy (non-hydrogen) atoms. The molecule has 4 nitrogen and oxygen atoms in total. The Bertz CT molecular complexity index is 692. The number of hydrogen-bond acceptors (Lipinski definition) is 3. The molecule has 0 aliphatic heterocycles. The molecule has 0 amide bonds. The van der Waals surface area contributed by atoms with Crippen LogP contribution in [0.5, 0.6) is 0 Å². The third-order valence-corrected chi connectivity index (χ3v) is 5.69. The Kier molecular flexibility index (Phi) is 4.86. The SMILES string of the molecule is CC1(CNS(=O)(=O)c2c(Cl)cc(C#CCO)cc2Cl)CC1. The fraction of sp³-hybridized carbons (Fsp3) is 0.429. The average molecular weight is 348 g/mol. The first-order chi connectivity index (χ1) is 9.77. The highest BCUT2D eigenvalue weighted by Crippen LogP contribution is 2.44. The van der Waals surface area contributed by atoms with E-state index in [4.69, 9.17) is 28.3 Å². The van der Waals surface area contributed by atoms with E-state index in [1.807, 2.05) is 6.92 Å². The van der Waals surface area contributed by atoms with Gasteiger partial charge in [0.15, 0.2) is 0 Å². The molecule has 0 unspecified atom stereocenters. The van der Waals surface area contributed by atoms with Gasteiger partial charge in [-0.15, -0.1) is 0 Å². The lowest BCUT2D eigenvalue weighted by Gasteiger charge is -2.13. The molecule has 1 aliphatic rings. The normalized spacial score (nSPS) is 16.2. The van der Waals surface area contributed by atoms with Gasteiger partial charge in [-0.25, -0.2) is 13.1 Å². The molecule has 114 valence electrons. The van der Waals surface area contributed by atoms with Gasteiger partial charge in [0.2, 0.25) is 10.0 Å². The predicted molar refractivity (Wildman–Crippen MR) is 83.0 cm³/mol. The van der Waals surface area contributed by atoms with Gasteiger partial charge in [0.1, 0.15) is 11.5 Å². The molecule has 0 saturated heterocycles. The summed E-state index contributed by atoms with van der Waals surface area (Å²) in [5, 5.41) is 8.68. The van der Waals surface area contributed by atoms with Gasteiger partial charge in [-0.2, -0.15) is 0 Å². The average Bonchev–Trinajstić information content (AvgIpc) is 3.12. The van der Waals surface area contributed by atoms with Crippen LogP contribution in [0.25, 0.3) is 0 Å². The number of hydrogen-bond donors (Lipinski definition) is 2. The molecule has 1 saturated carbocycles. The van der Waals surface area contributed by atoms with Crippen molar-refractivity contribution < 1.29 is 13.5 Å². The smallest absolute Gasteiger partial charge is 0.243 e. The van der Waals surface area contributed by atoms with E-state index in [1.165, 1.54) is 12.1 Å². The van der Waals surface area contributed by atoms with Crippen LogP contribution in [0.1, 0.15) is 25.3 Å². The lowest BCUT2D eigenvalue weighted by Crippen LogP contribution is -2.29. The lowest BCUT2D eigenvalue weighted by molar-refractivity contribution is 0.350. The summed E-state index contributed by atoms with van der Waals surface area (Å²) in [6, 6.07) is 2.84. The molecule has 1 aromatic rings. The second-order valence-electron chi connectivity index (χ2n) is 5.36. The highest BCUT2D eigenvalue weighted by Gasteiger charge is 2.38. The van der Waals surface area contributed by atoms with E-state index in [9.17, 15) is 8.42 Å². The standard InChI is InChI=1S/C14H15Cl2NO3S/c1-14(4-5-14)9-17-21(19,20)13-11(15)7-10(3-2-6-18)8-12(13)16/h7-8,17-18H,4-6,9H2,1H3. The molecule has 0 spiro atoms. The number of sulfonamides is 1. The number of aliphatic hydroxyl groups is 1. The maximum Gasteiger partial charge on any atom is 0.243 e. The Balaban J connectivity index is 2.30. The van der Waals surface area contributed by atoms with Crippen LogP contribution in [0, 0.1) is 17.3 Å². The van der Waals surface area contributed by atoms with Gasteiger partial charge in [0, 0.05) is 12.1 Å². The minimum atomic E-state index is -3.76. The molecule has 0 aromatic heterocycles. The highest BCUT2D eigenvalue weighted by atomic mass is 35.5. The molecule has 0 atom stereocenters. The summed E-state index contributed by atoms with van der Waals surface area (Å²) in [6.07, 6.45) is 2.01. The first kappa shape index (κ1) is 16.6. The summed E-state index contributed by atoms with van der Waals surface area (Å²) < 4.78 is 27.2. The van der Waals surface area contributed by atoms with Gasteiger partial charge in [-0.05, 0) is 30.4 Å². The van der Waals surface area contributed by atoms with E-state index < -0.39 is 10.0 Å². The van der Waals surface area contributed by atoms with Crippen molar-refractivity contribution >= 4 is 33.2 Å². The zero-order valence-electron chi connectivity index (χ0n) is 11.4. The Labute approximate surface area is 134 Å². The van der Waals surface area contributed by atoms with E-state index in [-0.39, 0.29) is 27.0 Å². The van der Waals surface area contributed by atoms with E-state index in [1.54, 1.807) is 0 Å². The molecule has 0 bridgehead atoms. The summed E-state index contributed by atoms with van der Waals surface area (Å²) in [5.74, 6) is 5.09. The number of halogens is 2. The summed E-state index contributed by atoms with van der Waals surface area (Å²) in [4.78, 5) is -0.135. The summed E-state index contributed by atoms with van der Waals surface area (Å²) >= 11 is 12.1. The predicted octanol–water partition coefficient (Wildman–Crippen LogP) is 2.42. The largest absolute Gasteiger partial charge is 0.384 e. The fourth-order valence-corrected chi connectivity index (χ4v) is 4.17. The molecule has 0 heterocycles. The molecule has 2 N–H and O–H groups in total. The number of nitrogens with one attached hydrogen (secondary N) is 1. The first-order valence-electron chi connectivity index (χ1n) is 6.36. The van der Waals surface area contributed by atoms with Gasteiger partial charge in [-0.1, -0.05) is 42.0 Å². The van der Waals surface area contributed by atoms with Crippen molar-refractivity contribution in [3.05, 3.63) is 27.7 Å². The minimum absolute atomic E-state index is 0.0122. The fourth-order valence-electron chi connectivity index (χ4n) is 1.76. The van der Waals surface area contributed by atoms with E-state index in [2.05, 4.69) is 16.6 Å². The van der Waals surface area contributed by atoms with Crippen LogP contribution in [0.3, 0.4) is 0 Å². The Morgan fingerprint density at radius 1 is 1.33 bits per heavy atom. The van der Waals surface area contributed by atoms with Crippen LogP contribution in [-0.4, -0.2) is 26.7 Å². The van der Waals surface area contributed by atoms with Gasteiger partial charge >= 0.3 is 0 Å². The Morgan fingerprint density at radius 2 is 1.90 bits per heavy atom. The molecular formula is C14H15Cl2NO3S. The van der Waals surface area contributed by atoms with Crippen LogP contribution in [0.4, 0.5) is 0 Å². The van der Waals surface area contributed by atoms with Crippen molar-refractivity contribution in [1.29, 1.82) is 0 Å². The highest BCUT2D eigenvalue weighted by molar-refractivity contribution is 7.89. The molecule has 7 heteroatoms. The summed E-state index contributed by atoms with van der Waals surface area (Å²) in [5.41, 5.74) is 0.491. The molecule has 1 aliphatic carbocycles. The van der Waals surface area contributed by atoms with Gasteiger partial charge in [-0.3, -0.25) is 0 Å². The minimum Gasteiger partial charge on any atom is -0.384 e. The Hall–Kier alpha value is -0.770. The van der Waals surface area contributed by atoms with Crippen LogP contribution >= 0.6 is 23.2 Å². The third-order valence-electron chi connectivity index (χ3n) is 3.37. The molecule has 1 aromatic carbocycles. The zero-order valence-corrected chi connectivity index (χ0v) is 13.7. The molecular weight excluding hydrogens is 333 g/mol. The van der Waals surface area contributed by atoms with Crippen molar-refractivity contribution in [1.82, 2.24) is 4.72 Å². The second-order valence-corrected chi connectivity index (χ2v) is 7.88. The van der Waals surface area contributed by atoms with Gasteiger partial charge in [0.25, 0.3) is 0 Å². The van der Waals surface area contributed by atoms with Crippen LogP contribution < -0.4 is 4.72 Å². The maximum absolute atomic E-state index is 12.3. The van der Waals surface area contributed by atoms with Crippen LogP contribution in [-0.2, 0) is 10.0 Å². The molecule has 0 radical (unpaired) electrons. The number of benzene rings is 1. The number of aliphatic hydroxyl groups excluding tert-OH is 1. The van der Waals surface area contributed by atoms with Crippen molar-refractivity contribution in [3.8, 4) is 11.8 Å². The lowest BCUT2D eigenvalue weighted by atomic mass is 10.2. The van der Waals surface area contributed by atoms with Crippen LogP contribution in [0.2, 0.25) is 10.0 Å². The molecule has 2 rings (SSSR count). The number of rotatable bonds is 4. The summed E-state index contributed by atoms with van der Waals surface area (Å²) in [6.45, 7) is 2.09. The van der Waals surface area contributed by atoms with Crippen molar-refractivity contribution in [2.45, 2.75) is 24.7 Å². The topological polar surface area (TPSA) is 66.4 Å².